The lowest BCUT2D eigenvalue weighted by Crippen LogP contribution is -2.09. The largest absolute Gasteiger partial charge is 0.495 e. The van der Waals surface area contributed by atoms with Gasteiger partial charge in [-0.05, 0) is 78.0 Å². The number of benzene rings is 2. The number of ether oxygens (including phenoxy) is 1. The predicted molar refractivity (Wildman–Crippen MR) is 93.4 cm³/mol. The van der Waals surface area contributed by atoms with E-state index in [0.29, 0.717) is 0 Å². The highest BCUT2D eigenvalue weighted by atomic mass is 79.9. The monoisotopic (exact) mass is 347 g/mol. The first kappa shape index (κ1) is 15.9. The lowest BCUT2D eigenvalue weighted by atomic mass is 9.96. The smallest absolute Gasteiger partial charge is 0.135 e. The Morgan fingerprint density at radius 3 is 2.33 bits per heavy atom. The lowest BCUT2D eigenvalue weighted by Gasteiger charge is -2.20. The van der Waals surface area contributed by atoms with E-state index in [1.807, 2.05) is 12.1 Å². The topological polar surface area (TPSA) is 21.3 Å². The molecular formula is C18H22BrNO. The maximum Gasteiger partial charge on any atom is 0.135 e. The van der Waals surface area contributed by atoms with E-state index in [0.717, 1.165) is 15.9 Å². The Bertz CT molecular complexity index is 652. The first-order valence-electron chi connectivity index (χ1n) is 7.10. The van der Waals surface area contributed by atoms with Crippen molar-refractivity contribution < 1.29 is 4.74 Å². The van der Waals surface area contributed by atoms with Gasteiger partial charge in [0.25, 0.3) is 0 Å². The van der Waals surface area contributed by atoms with E-state index >= 15 is 0 Å². The van der Waals surface area contributed by atoms with Crippen molar-refractivity contribution in [2.75, 3.05) is 12.4 Å². The fourth-order valence-corrected chi connectivity index (χ4v) is 2.94. The van der Waals surface area contributed by atoms with Gasteiger partial charge in [0.1, 0.15) is 5.75 Å². The summed E-state index contributed by atoms with van der Waals surface area (Å²) in [7, 11) is 1.68. The number of anilines is 1. The second kappa shape index (κ2) is 6.52. The van der Waals surface area contributed by atoms with E-state index in [9.17, 15) is 0 Å². The number of nitrogens with one attached hydrogen (secondary N) is 1. The fraction of sp³-hybridized carbons (Fsp3) is 0.333. The van der Waals surface area contributed by atoms with Crippen molar-refractivity contribution in [3.63, 3.8) is 0 Å². The average molecular weight is 348 g/mol. The summed E-state index contributed by atoms with van der Waals surface area (Å²) in [5.41, 5.74) is 6.38. The van der Waals surface area contributed by atoms with E-state index in [4.69, 9.17) is 4.74 Å². The van der Waals surface area contributed by atoms with E-state index in [1.54, 1.807) is 7.11 Å². The third-order valence-electron chi connectivity index (χ3n) is 3.88. The van der Waals surface area contributed by atoms with Crippen LogP contribution in [0.1, 0.15) is 35.2 Å². The number of halogens is 1. The van der Waals surface area contributed by atoms with Crippen molar-refractivity contribution in [3.8, 4) is 5.75 Å². The van der Waals surface area contributed by atoms with Gasteiger partial charge in [0, 0.05) is 17.8 Å². The van der Waals surface area contributed by atoms with E-state index in [1.165, 1.54) is 22.3 Å². The maximum atomic E-state index is 5.34. The Balaban J connectivity index is 2.25. The van der Waals surface area contributed by atoms with Crippen LogP contribution in [-0.2, 0) is 0 Å². The fourth-order valence-electron chi connectivity index (χ4n) is 2.53. The summed E-state index contributed by atoms with van der Waals surface area (Å²) < 4.78 is 6.31. The van der Waals surface area contributed by atoms with Gasteiger partial charge in [-0.25, -0.2) is 0 Å². The number of hydrogen-bond acceptors (Lipinski definition) is 2. The summed E-state index contributed by atoms with van der Waals surface area (Å²) in [6, 6.07) is 10.8. The van der Waals surface area contributed by atoms with Crippen molar-refractivity contribution in [3.05, 3.63) is 57.1 Å². The average Bonchev–Trinajstić information content (AvgIpc) is 2.44. The molecule has 0 saturated heterocycles. The molecule has 0 heterocycles. The molecule has 2 aromatic carbocycles. The molecule has 2 rings (SSSR count). The van der Waals surface area contributed by atoms with Gasteiger partial charge in [-0.2, -0.15) is 0 Å². The molecule has 1 N–H and O–H groups in total. The van der Waals surface area contributed by atoms with Crippen molar-refractivity contribution in [1.82, 2.24) is 0 Å². The maximum absolute atomic E-state index is 5.34. The summed E-state index contributed by atoms with van der Waals surface area (Å²) in [6.45, 7) is 8.67. The molecule has 2 nitrogen and oxygen atoms in total. The van der Waals surface area contributed by atoms with Crippen LogP contribution in [-0.4, -0.2) is 7.11 Å². The van der Waals surface area contributed by atoms with Gasteiger partial charge < -0.3 is 10.1 Å². The summed E-state index contributed by atoms with van der Waals surface area (Å²) in [5.74, 6) is 0.837. The Kier molecular flexibility index (Phi) is 4.94. The molecule has 0 radical (unpaired) electrons. The van der Waals surface area contributed by atoms with Crippen LogP contribution in [0.15, 0.2) is 34.8 Å². The number of rotatable bonds is 4. The highest BCUT2D eigenvalue weighted by Gasteiger charge is 2.11. The van der Waals surface area contributed by atoms with Gasteiger partial charge in [0.05, 0.1) is 11.6 Å². The highest BCUT2D eigenvalue weighted by molar-refractivity contribution is 9.10. The Hall–Kier alpha value is -1.48. The Morgan fingerprint density at radius 2 is 1.67 bits per heavy atom. The Morgan fingerprint density at radius 1 is 1.00 bits per heavy atom. The predicted octanol–water partition coefficient (Wildman–Crippen LogP) is 5.56. The molecule has 1 unspecified atom stereocenters. The first-order chi connectivity index (χ1) is 9.92. The van der Waals surface area contributed by atoms with Crippen molar-refractivity contribution >= 4 is 21.6 Å². The van der Waals surface area contributed by atoms with E-state index in [-0.39, 0.29) is 6.04 Å². The van der Waals surface area contributed by atoms with Gasteiger partial charge in [0.2, 0.25) is 0 Å². The molecule has 0 saturated carbocycles. The quantitative estimate of drug-likeness (QED) is 0.781. The van der Waals surface area contributed by atoms with E-state index < -0.39 is 0 Å². The molecular weight excluding hydrogens is 326 g/mol. The minimum absolute atomic E-state index is 0.246. The van der Waals surface area contributed by atoms with Crippen LogP contribution in [0.5, 0.6) is 5.75 Å². The van der Waals surface area contributed by atoms with E-state index in [2.05, 4.69) is 67.1 Å². The van der Waals surface area contributed by atoms with Crippen LogP contribution in [0.2, 0.25) is 0 Å². The van der Waals surface area contributed by atoms with Crippen LogP contribution >= 0.6 is 15.9 Å². The SMILES string of the molecule is COc1cc(NC(C)c2cc(C)c(C)cc2C)ccc1Br. The van der Waals surface area contributed by atoms with Gasteiger partial charge in [-0.1, -0.05) is 12.1 Å². The van der Waals surface area contributed by atoms with Gasteiger partial charge in [-0.15, -0.1) is 0 Å². The lowest BCUT2D eigenvalue weighted by molar-refractivity contribution is 0.412. The second-order valence-electron chi connectivity index (χ2n) is 5.51. The molecule has 0 aliphatic heterocycles. The van der Waals surface area contributed by atoms with Crippen LogP contribution in [0.25, 0.3) is 0 Å². The second-order valence-corrected chi connectivity index (χ2v) is 6.36. The van der Waals surface area contributed by atoms with Crippen molar-refractivity contribution in [2.24, 2.45) is 0 Å². The number of hydrogen-bond donors (Lipinski definition) is 1. The van der Waals surface area contributed by atoms with Gasteiger partial charge >= 0.3 is 0 Å². The zero-order chi connectivity index (χ0) is 15.6. The van der Waals surface area contributed by atoms with Gasteiger partial charge in [-0.3, -0.25) is 0 Å². The molecule has 0 aliphatic carbocycles. The molecule has 0 bridgehead atoms. The first-order valence-corrected chi connectivity index (χ1v) is 7.89. The number of aryl methyl sites for hydroxylation is 3. The third kappa shape index (κ3) is 3.59. The standard InChI is InChI=1S/C18H22BrNO/c1-11-8-13(3)16(9-12(11)2)14(4)20-15-6-7-17(19)18(10-15)21-5/h6-10,14,20H,1-5H3. The minimum Gasteiger partial charge on any atom is -0.495 e. The molecule has 112 valence electrons. The molecule has 1 atom stereocenters. The molecule has 0 amide bonds. The summed E-state index contributed by atoms with van der Waals surface area (Å²) in [5, 5.41) is 3.55. The third-order valence-corrected chi connectivity index (χ3v) is 4.54. The molecule has 0 spiro atoms. The zero-order valence-electron chi connectivity index (χ0n) is 13.3. The summed E-state index contributed by atoms with van der Waals surface area (Å²) in [4.78, 5) is 0. The summed E-state index contributed by atoms with van der Waals surface area (Å²) in [6.07, 6.45) is 0. The molecule has 0 fully saturated rings. The Labute approximate surface area is 135 Å². The van der Waals surface area contributed by atoms with Crippen LogP contribution in [0.3, 0.4) is 0 Å². The van der Waals surface area contributed by atoms with Crippen LogP contribution in [0.4, 0.5) is 5.69 Å². The zero-order valence-corrected chi connectivity index (χ0v) is 14.8. The van der Waals surface area contributed by atoms with Crippen LogP contribution < -0.4 is 10.1 Å². The summed E-state index contributed by atoms with van der Waals surface area (Å²) >= 11 is 3.48. The van der Waals surface area contributed by atoms with Crippen molar-refractivity contribution in [1.29, 1.82) is 0 Å². The molecule has 0 aliphatic rings. The van der Waals surface area contributed by atoms with Crippen LogP contribution in [0, 0.1) is 20.8 Å². The highest BCUT2D eigenvalue weighted by Crippen LogP contribution is 2.30. The van der Waals surface area contributed by atoms with Gasteiger partial charge in [0.15, 0.2) is 0 Å². The molecule has 2 aromatic rings. The molecule has 0 aromatic heterocycles. The molecule has 3 heteroatoms. The number of methoxy groups -OCH3 is 1. The van der Waals surface area contributed by atoms with Crippen molar-refractivity contribution in [2.45, 2.75) is 33.7 Å². The normalized spacial score (nSPS) is 12.1. The molecule has 21 heavy (non-hydrogen) atoms. The minimum atomic E-state index is 0.246.